The van der Waals surface area contributed by atoms with E-state index in [-0.39, 0.29) is 17.7 Å². The first-order valence-corrected chi connectivity index (χ1v) is 11.8. The van der Waals surface area contributed by atoms with E-state index in [1.165, 1.54) is 16.7 Å². The maximum Gasteiger partial charge on any atom is 0.125 e. The number of aliphatic hydroxyl groups excluding tert-OH is 1. The molecular weight excluding hydrogens is 310 g/mol. The molecule has 2 aromatic carbocycles. The molecule has 0 heterocycles. The summed E-state index contributed by atoms with van der Waals surface area (Å²) in [6.07, 6.45) is 0.859. The Bertz CT molecular complexity index is 629. The van der Waals surface area contributed by atoms with Gasteiger partial charge in [0.15, 0.2) is 0 Å². The van der Waals surface area contributed by atoms with Crippen LogP contribution in [0.3, 0.4) is 0 Å². The van der Waals surface area contributed by atoms with E-state index in [1.54, 1.807) is 0 Å². The Hall–Kier alpha value is -1.42. The average Bonchev–Trinajstić information content (AvgIpc) is 2.54. The van der Waals surface area contributed by atoms with Crippen LogP contribution in [0.15, 0.2) is 54.6 Å². The number of aliphatic hydroxyl groups is 1. The topological polar surface area (TPSA) is 32.3 Å². The van der Waals surface area contributed by atoms with Crippen molar-refractivity contribution in [3.63, 3.8) is 0 Å². The molecule has 0 saturated heterocycles. The summed E-state index contributed by atoms with van der Waals surface area (Å²) < 4.78 is 0. The monoisotopic (exact) mass is 341 g/mol. The van der Waals surface area contributed by atoms with Crippen molar-refractivity contribution in [2.45, 2.75) is 51.4 Å². The summed E-state index contributed by atoms with van der Waals surface area (Å²) in [5.74, 6) is 0. The maximum atomic E-state index is 9.81. The Balaban J connectivity index is 2.06. The SMILES string of the molecule is CC(C)(C)[Si](C)(C)N[C@H](CO)Cc1ccc(-c2ccccc2)cc1. The van der Waals surface area contributed by atoms with Crippen molar-refractivity contribution < 1.29 is 5.11 Å². The van der Waals surface area contributed by atoms with Gasteiger partial charge < -0.3 is 10.1 Å². The summed E-state index contributed by atoms with van der Waals surface area (Å²) in [6.45, 7) is 11.7. The predicted octanol–water partition coefficient (Wildman–Crippen LogP) is 4.85. The average molecular weight is 342 g/mol. The zero-order valence-corrected chi connectivity index (χ0v) is 16.6. The molecule has 24 heavy (non-hydrogen) atoms. The molecule has 130 valence electrons. The summed E-state index contributed by atoms with van der Waals surface area (Å²) in [6, 6.07) is 19.2. The molecule has 3 heteroatoms. The number of benzene rings is 2. The number of hydrogen-bond acceptors (Lipinski definition) is 2. The molecule has 2 aromatic rings. The molecule has 0 unspecified atom stereocenters. The van der Waals surface area contributed by atoms with Gasteiger partial charge in [0.25, 0.3) is 0 Å². The molecule has 0 aliphatic carbocycles. The van der Waals surface area contributed by atoms with Crippen molar-refractivity contribution in [2.75, 3.05) is 6.61 Å². The molecule has 0 aliphatic heterocycles. The van der Waals surface area contributed by atoms with Crippen LogP contribution in [0.4, 0.5) is 0 Å². The highest BCUT2D eigenvalue weighted by Crippen LogP contribution is 2.34. The molecule has 1 atom stereocenters. The fourth-order valence-corrected chi connectivity index (χ4v) is 4.28. The highest BCUT2D eigenvalue weighted by molar-refractivity contribution is 6.77. The van der Waals surface area contributed by atoms with Crippen LogP contribution in [0, 0.1) is 0 Å². The van der Waals surface area contributed by atoms with E-state index in [0.29, 0.717) is 0 Å². The zero-order valence-electron chi connectivity index (χ0n) is 15.6. The third-order valence-corrected chi connectivity index (χ3v) is 10.1. The Morgan fingerprint density at radius 3 is 1.96 bits per heavy atom. The van der Waals surface area contributed by atoms with Gasteiger partial charge in [0.05, 0.1) is 6.61 Å². The van der Waals surface area contributed by atoms with Gasteiger partial charge in [-0.1, -0.05) is 88.5 Å². The summed E-state index contributed by atoms with van der Waals surface area (Å²) in [5, 5.41) is 10.1. The third-order valence-electron chi connectivity index (χ3n) is 5.20. The molecule has 0 amide bonds. The summed E-state index contributed by atoms with van der Waals surface area (Å²) in [4.78, 5) is 3.77. The number of nitrogens with one attached hydrogen (secondary N) is 1. The largest absolute Gasteiger partial charge is 0.395 e. The summed E-state index contributed by atoms with van der Waals surface area (Å²) >= 11 is 0. The van der Waals surface area contributed by atoms with Crippen LogP contribution in [0.1, 0.15) is 26.3 Å². The molecule has 0 spiro atoms. The third kappa shape index (κ3) is 4.79. The van der Waals surface area contributed by atoms with Crippen LogP contribution >= 0.6 is 0 Å². The lowest BCUT2D eigenvalue weighted by atomic mass is 10.0. The van der Waals surface area contributed by atoms with Gasteiger partial charge >= 0.3 is 0 Å². The minimum Gasteiger partial charge on any atom is -0.395 e. The highest BCUT2D eigenvalue weighted by atomic mass is 28.3. The maximum absolute atomic E-state index is 9.81. The molecule has 0 fully saturated rings. The van der Waals surface area contributed by atoms with Crippen molar-refractivity contribution in [1.29, 1.82) is 0 Å². The van der Waals surface area contributed by atoms with Gasteiger partial charge in [0, 0.05) is 6.04 Å². The Labute approximate surface area is 148 Å². The van der Waals surface area contributed by atoms with E-state index in [0.717, 1.165) is 6.42 Å². The van der Waals surface area contributed by atoms with Crippen LogP contribution in [0.25, 0.3) is 11.1 Å². The number of rotatable bonds is 6. The van der Waals surface area contributed by atoms with Crippen molar-refractivity contribution in [3.8, 4) is 11.1 Å². The van der Waals surface area contributed by atoms with E-state index in [4.69, 9.17) is 0 Å². The smallest absolute Gasteiger partial charge is 0.125 e. The lowest BCUT2D eigenvalue weighted by Gasteiger charge is -2.40. The van der Waals surface area contributed by atoms with E-state index < -0.39 is 8.24 Å². The quantitative estimate of drug-likeness (QED) is 0.736. The van der Waals surface area contributed by atoms with Gasteiger partial charge in [-0.05, 0) is 28.1 Å². The van der Waals surface area contributed by atoms with Crippen molar-refractivity contribution in [1.82, 2.24) is 4.98 Å². The van der Waals surface area contributed by atoms with Crippen molar-refractivity contribution in [2.24, 2.45) is 0 Å². The van der Waals surface area contributed by atoms with E-state index in [9.17, 15) is 5.11 Å². The Kier molecular flexibility index (Phi) is 6.02. The van der Waals surface area contributed by atoms with Gasteiger partial charge in [-0.25, -0.2) is 0 Å². The van der Waals surface area contributed by atoms with Gasteiger partial charge in [-0.3, -0.25) is 0 Å². The summed E-state index contributed by atoms with van der Waals surface area (Å²) in [5.41, 5.74) is 3.74. The zero-order chi connectivity index (χ0) is 17.8. The highest BCUT2D eigenvalue weighted by Gasteiger charge is 2.36. The molecule has 2 rings (SSSR count). The van der Waals surface area contributed by atoms with Crippen molar-refractivity contribution >= 4 is 8.24 Å². The van der Waals surface area contributed by atoms with Gasteiger partial charge in [0.1, 0.15) is 8.24 Å². The molecule has 0 aliphatic rings. The van der Waals surface area contributed by atoms with Crippen LogP contribution < -0.4 is 4.98 Å². The predicted molar refractivity (Wildman–Crippen MR) is 107 cm³/mol. The minimum absolute atomic E-state index is 0.119. The minimum atomic E-state index is -1.62. The van der Waals surface area contributed by atoms with Gasteiger partial charge in [0.2, 0.25) is 0 Å². The van der Waals surface area contributed by atoms with Crippen LogP contribution in [0.5, 0.6) is 0 Å². The second-order valence-electron chi connectivity index (χ2n) is 8.17. The van der Waals surface area contributed by atoms with E-state index in [1.807, 2.05) is 6.07 Å². The first kappa shape index (κ1) is 18.9. The molecule has 0 saturated carbocycles. The Morgan fingerprint density at radius 2 is 1.46 bits per heavy atom. The first-order valence-electron chi connectivity index (χ1n) is 8.76. The van der Waals surface area contributed by atoms with Gasteiger partial charge in [-0.2, -0.15) is 0 Å². The lowest BCUT2D eigenvalue weighted by molar-refractivity contribution is 0.254. The Morgan fingerprint density at radius 1 is 0.917 bits per heavy atom. The van der Waals surface area contributed by atoms with Crippen molar-refractivity contribution in [3.05, 3.63) is 60.2 Å². The summed E-state index contributed by atoms with van der Waals surface area (Å²) in [7, 11) is -1.62. The van der Waals surface area contributed by atoms with Gasteiger partial charge in [-0.15, -0.1) is 0 Å². The second-order valence-corrected chi connectivity index (χ2v) is 13.2. The second kappa shape index (κ2) is 7.64. The molecule has 2 N–H and O–H groups in total. The number of hydrogen-bond donors (Lipinski definition) is 2. The standard InChI is InChI=1S/C21H31NOSi/c1-21(2,3)24(4,5)22-20(16-23)15-17-11-13-19(14-12-17)18-9-7-6-8-10-18/h6-14,20,22-23H,15-16H2,1-5H3/t20-/m0/s1. The molecule has 0 radical (unpaired) electrons. The van der Waals surface area contributed by atoms with E-state index >= 15 is 0 Å². The fraction of sp³-hybridized carbons (Fsp3) is 0.429. The van der Waals surface area contributed by atoms with Crippen LogP contribution in [0.2, 0.25) is 18.1 Å². The fourth-order valence-electron chi connectivity index (χ4n) is 2.64. The lowest BCUT2D eigenvalue weighted by Crippen LogP contribution is -2.57. The molecule has 0 bridgehead atoms. The first-order chi connectivity index (χ1) is 11.2. The molecule has 0 aromatic heterocycles. The van der Waals surface area contributed by atoms with Crippen LogP contribution in [-0.2, 0) is 6.42 Å². The molecule has 2 nitrogen and oxygen atoms in total. The molecular formula is C21H31NOSi. The van der Waals surface area contributed by atoms with Crippen LogP contribution in [-0.4, -0.2) is 26.0 Å². The van der Waals surface area contributed by atoms with E-state index in [2.05, 4.69) is 87.4 Å². The normalized spacial score (nSPS) is 13.8.